The molecule has 1 aliphatic heterocycles. The van der Waals surface area contributed by atoms with E-state index in [4.69, 9.17) is 1.37 Å². The molecule has 0 aromatic rings. The molecule has 0 radical (unpaired) electrons. The van der Waals surface area contributed by atoms with E-state index in [1.54, 1.807) is 11.8 Å². The summed E-state index contributed by atoms with van der Waals surface area (Å²) in [4.78, 5) is 23.7. The van der Waals surface area contributed by atoms with Crippen LogP contribution in [0.15, 0.2) is 0 Å². The average molecular weight is 200 g/mol. The van der Waals surface area contributed by atoms with E-state index in [1.165, 1.54) is 0 Å². The monoisotopic (exact) mass is 200 g/mol. The SMILES string of the molecule is [3H][C@@H]1CC[C@H](CC)N1C(=O)[C@H](C)NC=O. The van der Waals surface area contributed by atoms with Crippen molar-refractivity contribution in [3.63, 3.8) is 0 Å². The summed E-state index contributed by atoms with van der Waals surface area (Å²) in [6.45, 7) is 3.22. The van der Waals surface area contributed by atoms with Crippen LogP contribution in [-0.2, 0) is 9.59 Å². The van der Waals surface area contributed by atoms with Crippen molar-refractivity contribution in [1.29, 1.82) is 0 Å². The van der Waals surface area contributed by atoms with Gasteiger partial charge in [-0.15, -0.1) is 0 Å². The number of carbonyl (C=O) groups is 2. The summed E-state index contributed by atoms with van der Waals surface area (Å²) in [5, 5.41) is 2.43. The van der Waals surface area contributed by atoms with Crippen LogP contribution in [0, 0.1) is 0 Å². The molecule has 0 aliphatic carbocycles. The van der Waals surface area contributed by atoms with Crippen molar-refractivity contribution >= 4 is 12.3 Å². The third-order valence-corrected chi connectivity index (χ3v) is 2.63. The van der Waals surface area contributed by atoms with Crippen molar-refractivity contribution in [3.8, 4) is 0 Å². The normalized spacial score (nSPS) is 29.6. The van der Waals surface area contributed by atoms with Crippen LogP contribution in [0.2, 0.25) is 0 Å². The molecule has 1 rings (SSSR count). The third kappa shape index (κ3) is 2.25. The molecule has 0 unspecified atom stereocenters. The largest absolute Gasteiger partial charge is 0.347 e. The standard InChI is InChI=1S/C10H18N2O2/c1-3-9-5-4-6-12(9)10(14)8(2)11-7-13/h7-9H,3-6H2,1-2H3,(H,11,13)/t8-,9-/m0/s1/i6T/t6-,8+,9+/m1. The predicted octanol–water partition coefficient (Wildman–Crippen LogP) is 0.522. The fourth-order valence-electron chi connectivity index (χ4n) is 1.76. The van der Waals surface area contributed by atoms with Crippen LogP contribution in [0.5, 0.6) is 0 Å². The van der Waals surface area contributed by atoms with E-state index in [1.807, 2.05) is 6.92 Å². The van der Waals surface area contributed by atoms with Crippen LogP contribution in [-0.4, -0.2) is 35.8 Å². The fourth-order valence-corrected chi connectivity index (χ4v) is 1.76. The van der Waals surface area contributed by atoms with E-state index in [0.29, 0.717) is 6.41 Å². The highest BCUT2D eigenvalue weighted by atomic mass is 16.2. The molecule has 0 saturated carbocycles. The lowest BCUT2D eigenvalue weighted by Gasteiger charge is -2.26. The highest BCUT2D eigenvalue weighted by Crippen LogP contribution is 2.20. The molecule has 2 amide bonds. The summed E-state index contributed by atoms with van der Waals surface area (Å²) < 4.78 is 7.77. The van der Waals surface area contributed by atoms with Crippen LogP contribution in [0.3, 0.4) is 0 Å². The summed E-state index contributed by atoms with van der Waals surface area (Å²) in [5.74, 6) is -0.147. The molecule has 0 aromatic carbocycles. The van der Waals surface area contributed by atoms with Crippen molar-refractivity contribution in [2.45, 2.75) is 45.2 Å². The highest BCUT2D eigenvalue weighted by molar-refractivity contribution is 5.83. The summed E-state index contributed by atoms with van der Waals surface area (Å²) in [6, 6.07) is -0.363. The van der Waals surface area contributed by atoms with Gasteiger partial charge in [0.15, 0.2) is 0 Å². The zero-order valence-corrected chi connectivity index (χ0v) is 8.69. The van der Waals surface area contributed by atoms with E-state index in [9.17, 15) is 9.59 Å². The maximum Gasteiger partial charge on any atom is 0.245 e. The second-order valence-electron chi connectivity index (χ2n) is 3.57. The molecule has 4 nitrogen and oxygen atoms in total. The van der Waals surface area contributed by atoms with Gasteiger partial charge >= 0.3 is 0 Å². The fraction of sp³-hybridized carbons (Fsp3) is 0.800. The Morgan fingerprint density at radius 3 is 3.14 bits per heavy atom. The lowest BCUT2D eigenvalue weighted by atomic mass is 10.1. The van der Waals surface area contributed by atoms with Gasteiger partial charge in [0.25, 0.3) is 0 Å². The van der Waals surface area contributed by atoms with Crippen LogP contribution < -0.4 is 5.32 Å². The molecule has 1 heterocycles. The smallest absolute Gasteiger partial charge is 0.245 e. The van der Waals surface area contributed by atoms with E-state index in [2.05, 4.69) is 5.32 Å². The molecule has 80 valence electrons. The third-order valence-electron chi connectivity index (χ3n) is 2.63. The second kappa shape index (κ2) is 4.98. The molecule has 1 N–H and O–H groups in total. The summed E-state index contributed by atoms with van der Waals surface area (Å²) >= 11 is 0. The quantitative estimate of drug-likeness (QED) is 0.673. The Labute approximate surface area is 86.1 Å². The topological polar surface area (TPSA) is 49.4 Å². The Morgan fingerprint density at radius 1 is 1.86 bits per heavy atom. The molecule has 0 aromatic heterocycles. The molecule has 1 fully saturated rings. The second-order valence-corrected chi connectivity index (χ2v) is 3.57. The lowest BCUT2D eigenvalue weighted by molar-refractivity contribution is -0.135. The summed E-state index contributed by atoms with van der Waals surface area (Å²) in [7, 11) is 0. The first-order chi connectivity index (χ1) is 7.11. The predicted molar refractivity (Wildman–Crippen MR) is 53.7 cm³/mol. The zero-order valence-electron chi connectivity index (χ0n) is 9.69. The number of likely N-dealkylation sites (tertiary alicyclic amines) is 1. The number of nitrogens with zero attached hydrogens (tertiary/aromatic N) is 1. The van der Waals surface area contributed by atoms with Crippen LogP contribution in [0.4, 0.5) is 0 Å². The van der Waals surface area contributed by atoms with Gasteiger partial charge in [-0.2, -0.15) is 0 Å². The zero-order chi connectivity index (χ0) is 11.4. The Balaban J connectivity index is 2.67. The summed E-state index contributed by atoms with van der Waals surface area (Å²) in [5.41, 5.74) is 0. The molecule has 1 aliphatic rings. The van der Waals surface area contributed by atoms with Crippen molar-refractivity contribution in [3.05, 3.63) is 0 Å². The highest BCUT2D eigenvalue weighted by Gasteiger charge is 2.29. The Bertz CT molecular complexity index is 248. The molecule has 0 bridgehead atoms. The number of rotatable bonds is 4. The summed E-state index contributed by atoms with van der Waals surface area (Å²) in [6.07, 6.45) is 3.02. The minimum Gasteiger partial charge on any atom is -0.347 e. The number of hydrogen-bond acceptors (Lipinski definition) is 2. The number of hydrogen-bond donors (Lipinski definition) is 1. The van der Waals surface area contributed by atoms with Gasteiger partial charge < -0.3 is 10.2 Å². The van der Waals surface area contributed by atoms with Gasteiger partial charge in [-0.05, 0) is 26.2 Å². The number of carbonyl (C=O) groups excluding carboxylic acids is 2. The molecular weight excluding hydrogens is 180 g/mol. The molecule has 14 heavy (non-hydrogen) atoms. The van der Waals surface area contributed by atoms with Gasteiger partial charge in [-0.3, -0.25) is 9.59 Å². The molecule has 0 spiro atoms. The molecule has 4 heteroatoms. The van der Waals surface area contributed by atoms with E-state index < -0.39 is 12.6 Å². The van der Waals surface area contributed by atoms with Crippen molar-refractivity contribution < 1.29 is 11.0 Å². The lowest BCUT2D eigenvalue weighted by Crippen LogP contribution is -2.46. The molecular formula is C10H18N2O2. The molecule has 1 saturated heterocycles. The minimum atomic E-state index is -0.525. The first-order valence-corrected chi connectivity index (χ1v) is 5.06. The Kier molecular flexibility index (Phi) is 3.38. The Morgan fingerprint density at radius 2 is 2.57 bits per heavy atom. The van der Waals surface area contributed by atoms with Gasteiger partial charge in [0.1, 0.15) is 6.04 Å². The van der Waals surface area contributed by atoms with E-state index >= 15 is 0 Å². The first kappa shape index (κ1) is 9.49. The minimum absolute atomic E-state index is 0.147. The van der Waals surface area contributed by atoms with E-state index in [-0.39, 0.29) is 11.9 Å². The van der Waals surface area contributed by atoms with Gasteiger partial charge in [-0.1, -0.05) is 6.92 Å². The van der Waals surface area contributed by atoms with E-state index in [0.717, 1.165) is 19.3 Å². The van der Waals surface area contributed by atoms with Crippen molar-refractivity contribution in [1.82, 2.24) is 10.2 Å². The maximum atomic E-state index is 11.9. The Hall–Kier alpha value is -1.06. The van der Waals surface area contributed by atoms with Gasteiger partial charge in [0.05, 0.1) is 0 Å². The first-order valence-electron chi connectivity index (χ1n) is 5.63. The van der Waals surface area contributed by atoms with Crippen molar-refractivity contribution in [2.75, 3.05) is 6.52 Å². The molecule has 3 atom stereocenters. The van der Waals surface area contributed by atoms with Crippen LogP contribution >= 0.6 is 0 Å². The maximum absolute atomic E-state index is 11.9. The van der Waals surface area contributed by atoms with Gasteiger partial charge in [0, 0.05) is 13.9 Å². The average Bonchev–Trinajstić information content (AvgIpc) is 2.58. The van der Waals surface area contributed by atoms with Crippen molar-refractivity contribution in [2.24, 2.45) is 0 Å². The van der Waals surface area contributed by atoms with Crippen LogP contribution in [0.25, 0.3) is 0 Å². The van der Waals surface area contributed by atoms with Gasteiger partial charge in [0.2, 0.25) is 12.3 Å². The van der Waals surface area contributed by atoms with Gasteiger partial charge in [-0.25, -0.2) is 0 Å². The van der Waals surface area contributed by atoms with Crippen LogP contribution in [0.1, 0.15) is 34.5 Å². The number of amides is 2. The number of nitrogens with one attached hydrogen (secondary N) is 1.